The van der Waals surface area contributed by atoms with Gasteiger partial charge in [0, 0.05) is 38.5 Å². The Morgan fingerprint density at radius 3 is 2.55 bits per heavy atom. The standard InChI is InChI=1S/C15H22N2O2S/c1-20(18,19)14-6-2-12(3-7-14)10-17-9-8-16-15(11-17)13-4-5-13/h2-3,6-7,13,15-16H,4-5,8-11H2,1H3. The molecule has 1 saturated carbocycles. The molecule has 1 N–H and O–H groups in total. The molecular formula is C15H22N2O2S. The van der Waals surface area contributed by atoms with Crippen molar-refractivity contribution in [2.24, 2.45) is 5.92 Å². The molecule has 2 aliphatic rings. The van der Waals surface area contributed by atoms with E-state index in [1.165, 1.54) is 24.7 Å². The van der Waals surface area contributed by atoms with Gasteiger partial charge in [-0.3, -0.25) is 4.90 Å². The van der Waals surface area contributed by atoms with E-state index < -0.39 is 9.84 Å². The lowest BCUT2D eigenvalue weighted by atomic mass is 10.1. The third kappa shape index (κ3) is 3.40. The minimum absolute atomic E-state index is 0.400. The van der Waals surface area contributed by atoms with E-state index in [1.54, 1.807) is 12.1 Å². The highest BCUT2D eigenvalue weighted by Gasteiger charge is 2.33. The molecule has 1 aromatic carbocycles. The zero-order valence-electron chi connectivity index (χ0n) is 11.9. The average molecular weight is 294 g/mol. The molecular weight excluding hydrogens is 272 g/mol. The monoisotopic (exact) mass is 294 g/mol. The van der Waals surface area contributed by atoms with Crippen LogP contribution in [0.3, 0.4) is 0 Å². The van der Waals surface area contributed by atoms with Crippen LogP contribution in [0.15, 0.2) is 29.2 Å². The number of nitrogens with one attached hydrogen (secondary N) is 1. The maximum atomic E-state index is 11.4. The van der Waals surface area contributed by atoms with Gasteiger partial charge in [0.1, 0.15) is 0 Å². The van der Waals surface area contributed by atoms with Crippen molar-refractivity contribution < 1.29 is 8.42 Å². The summed E-state index contributed by atoms with van der Waals surface area (Å²) in [5.74, 6) is 0.880. The molecule has 1 aliphatic carbocycles. The second kappa shape index (κ2) is 5.47. The summed E-state index contributed by atoms with van der Waals surface area (Å²) < 4.78 is 22.9. The van der Waals surface area contributed by atoms with Gasteiger partial charge in [-0.15, -0.1) is 0 Å². The van der Waals surface area contributed by atoms with Crippen LogP contribution in [-0.2, 0) is 16.4 Å². The Labute approximate surface area is 121 Å². The lowest BCUT2D eigenvalue weighted by Crippen LogP contribution is -2.51. The SMILES string of the molecule is CS(=O)(=O)c1ccc(CN2CCNC(C3CC3)C2)cc1. The van der Waals surface area contributed by atoms with Crippen molar-refractivity contribution in [1.29, 1.82) is 0 Å². The Bertz CT molecular complexity index is 564. The maximum Gasteiger partial charge on any atom is 0.175 e. The van der Waals surface area contributed by atoms with Crippen LogP contribution in [0.1, 0.15) is 18.4 Å². The fourth-order valence-corrected chi connectivity index (χ4v) is 3.53. The summed E-state index contributed by atoms with van der Waals surface area (Å²) in [4.78, 5) is 2.87. The van der Waals surface area contributed by atoms with Crippen LogP contribution in [0.4, 0.5) is 0 Å². The van der Waals surface area contributed by atoms with Crippen LogP contribution in [-0.4, -0.2) is 45.2 Å². The summed E-state index contributed by atoms with van der Waals surface area (Å²) in [7, 11) is -3.09. The van der Waals surface area contributed by atoms with Crippen molar-refractivity contribution in [1.82, 2.24) is 10.2 Å². The van der Waals surface area contributed by atoms with Crippen LogP contribution in [0.25, 0.3) is 0 Å². The minimum Gasteiger partial charge on any atom is -0.311 e. The Morgan fingerprint density at radius 1 is 1.25 bits per heavy atom. The van der Waals surface area contributed by atoms with Crippen molar-refractivity contribution in [2.75, 3.05) is 25.9 Å². The molecule has 0 amide bonds. The van der Waals surface area contributed by atoms with Gasteiger partial charge in [0.25, 0.3) is 0 Å². The predicted molar refractivity (Wildman–Crippen MR) is 79.3 cm³/mol. The normalized spacial score (nSPS) is 24.8. The molecule has 1 aromatic rings. The van der Waals surface area contributed by atoms with Gasteiger partial charge < -0.3 is 5.32 Å². The molecule has 3 rings (SSSR count). The first-order chi connectivity index (χ1) is 9.52. The lowest BCUT2D eigenvalue weighted by molar-refractivity contribution is 0.181. The van der Waals surface area contributed by atoms with E-state index in [4.69, 9.17) is 0 Å². The molecule has 0 bridgehead atoms. The fourth-order valence-electron chi connectivity index (χ4n) is 2.90. The third-order valence-electron chi connectivity index (χ3n) is 4.24. The van der Waals surface area contributed by atoms with Crippen LogP contribution in [0.2, 0.25) is 0 Å². The summed E-state index contributed by atoms with van der Waals surface area (Å²) in [5.41, 5.74) is 1.19. The number of hydrogen-bond acceptors (Lipinski definition) is 4. The van der Waals surface area contributed by atoms with Gasteiger partial charge in [-0.25, -0.2) is 8.42 Å². The molecule has 1 atom stereocenters. The molecule has 0 aromatic heterocycles. The van der Waals surface area contributed by atoms with E-state index in [0.717, 1.165) is 32.1 Å². The minimum atomic E-state index is -3.09. The van der Waals surface area contributed by atoms with Crippen LogP contribution in [0, 0.1) is 5.92 Å². The summed E-state index contributed by atoms with van der Waals surface area (Å²) in [6.45, 7) is 4.15. The molecule has 5 heteroatoms. The molecule has 1 saturated heterocycles. The van der Waals surface area contributed by atoms with E-state index in [1.807, 2.05) is 12.1 Å². The Balaban J connectivity index is 1.62. The summed E-state index contributed by atoms with van der Waals surface area (Å²) in [6.07, 6.45) is 3.99. The van der Waals surface area contributed by atoms with Crippen molar-refractivity contribution >= 4 is 9.84 Å². The number of nitrogens with zero attached hydrogens (tertiary/aromatic N) is 1. The first-order valence-electron chi connectivity index (χ1n) is 7.27. The molecule has 110 valence electrons. The van der Waals surface area contributed by atoms with Gasteiger partial charge in [0.15, 0.2) is 9.84 Å². The van der Waals surface area contributed by atoms with E-state index in [0.29, 0.717) is 10.9 Å². The highest BCUT2D eigenvalue weighted by Crippen LogP contribution is 2.33. The number of hydrogen-bond donors (Lipinski definition) is 1. The number of benzene rings is 1. The smallest absolute Gasteiger partial charge is 0.175 e. The van der Waals surface area contributed by atoms with Gasteiger partial charge >= 0.3 is 0 Å². The average Bonchev–Trinajstić information content (AvgIpc) is 3.23. The molecule has 4 nitrogen and oxygen atoms in total. The lowest BCUT2D eigenvalue weighted by Gasteiger charge is -2.33. The van der Waals surface area contributed by atoms with Crippen LogP contribution < -0.4 is 5.32 Å². The van der Waals surface area contributed by atoms with Crippen molar-refractivity contribution in [3.63, 3.8) is 0 Å². The van der Waals surface area contributed by atoms with E-state index in [-0.39, 0.29) is 0 Å². The predicted octanol–water partition coefficient (Wildman–Crippen LogP) is 1.27. The highest BCUT2D eigenvalue weighted by molar-refractivity contribution is 7.90. The molecule has 20 heavy (non-hydrogen) atoms. The number of piperazine rings is 1. The summed E-state index contributed by atoms with van der Waals surface area (Å²) in [5, 5.41) is 3.60. The van der Waals surface area contributed by atoms with Crippen molar-refractivity contribution in [3.05, 3.63) is 29.8 Å². The molecule has 0 spiro atoms. The maximum absolute atomic E-state index is 11.4. The molecule has 2 fully saturated rings. The first kappa shape index (κ1) is 14.0. The largest absolute Gasteiger partial charge is 0.311 e. The Hall–Kier alpha value is -0.910. The quantitative estimate of drug-likeness (QED) is 0.909. The second-order valence-electron chi connectivity index (χ2n) is 6.05. The third-order valence-corrected chi connectivity index (χ3v) is 5.37. The van der Waals surface area contributed by atoms with E-state index in [2.05, 4.69) is 10.2 Å². The van der Waals surface area contributed by atoms with Gasteiger partial charge in [0.2, 0.25) is 0 Å². The number of rotatable bonds is 4. The van der Waals surface area contributed by atoms with Gasteiger partial charge in [-0.1, -0.05) is 12.1 Å². The Kier molecular flexibility index (Phi) is 3.84. The zero-order valence-corrected chi connectivity index (χ0v) is 12.7. The highest BCUT2D eigenvalue weighted by atomic mass is 32.2. The van der Waals surface area contributed by atoms with Crippen LogP contribution in [0.5, 0.6) is 0 Å². The van der Waals surface area contributed by atoms with Gasteiger partial charge in [0.05, 0.1) is 4.90 Å². The Morgan fingerprint density at radius 2 is 1.95 bits per heavy atom. The van der Waals surface area contributed by atoms with Gasteiger partial charge in [-0.05, 0) is 36.5 Å². The molecule has 1 heterocycles. The second-order valence-corrected chi connectivity index (χ2v) is 8.07. The van der Waals surface area contributed by atoms with Crippen LogP contribution >= 0.6 is 0 Å². The van der Waals surface area contributed by atoms with E-state index >= 15 is 0 Å². The first-order valence-corrected chi connectivity index (χ1v) is 9.16. The number of sulfone groups is 1. The summed E-state index contributed by atoms with van der Waals surface area (Å²) in [6, 6.07) is 7.95. The van der Waals surface area contributed by atoms with Gasteiger partial charge in [-0.2, -0.15) is 0 Å². The van der Waals surface area contributed by atoms with Crippen molar-refractivity contribution in [3.8, 4) is 0 Å². The van der Waals surface area contributed by atoms with Crippen molar-refractivity contribution in [2.45, 2.75) is 30.3 Å². The fraction of sp³-hybridized carbons (Fsp3) is 0.600. The zero-order chi connectivity index (χ0) is 14.2. The molecule has 1 aliphatic heterocycles. The molecule has 0 radical (unpaired) electrons. The van der Waals surface area contributed by atoms with E-state index in [9.17, 15) is 8.42 Å². The topological polar surface area (TPSA) is 49.4 Å². The molecule has 1 unspecified atom stereocenters. The summed E-state index contributed by atoms with van der Waals surface area (Å²) >= 11 is 0.